The standard InChI is InChI=1S/C65H40/c1-3-20-45(21-4-1)65(46-22-5-2-6-23-46)60-40-44-37-43(36-35-41(44)38-59(60)63-52-29-13-11-26-49(52)50-27-12-18-34-57(50)64(63)65)61-53-30-14-16-32-55(53)62(56-33-17-15-31-54(56)61)58-39-42-19-7-8-24-47(42)48-25-9-10-28-51(48)58/h1-40H. The van der Waals surface area contributed by atoms with Crippen molar-refractivity contribution in [2.24, 2.45) is 0 Å². The summed E-state index contributed by atoms with van der Waals surface area (Å²) in [7, 11) is 0. The van der Waals surface area contributed by atoms with E-state index in [4.69, 9.17) is 0 Å². The van der Waals surface area contributed by atoms with Gasteiger partial charge >= 0.3 is 0 Å². The van der Waals surface area contributed by atoms with E-state index < -0.39 is 5.41 Å². The van der Waals surface area contributed by atoms with E-state index in [9.17, 15) is 0 Å². The van der Waals surface area contributed by atoms with Crippen LogP contribution in [0.3, 0.4) is 0 Å². The Hall–Kier alpha value is -8.32. The highest BCUT2D eigenvalue weighted by molar-refractivity contribution is 6.26. The fraction of sp³-hybridized carbons (Fsp3) is 0.0154. The molecule has 0 aromatic heterocycles. The number of rotatable bonds is 4. The van der Waals surface area contributed by atoms with E-state index in [2.05, 4.69) is 243 Å². The van der Waals surface area contributed by atoms with Crippen molar-refractivity contribution in [2.75, 3.05) is 0 Å². The highest BCUT2D eigenvalue weighted by atomic mass is 14.5. The molecule has 0 heterocycles. The normalized spacial score (nSPS) is 13.0. The fourth-order valence-corrected chi connectivity index (χ4v) is 12.0. The molecule has 0 fully saturated rings. The Kier molecular flexibility index (Phi) is 7.71. The maximum Gasteiger partial charge on any atom is 0.0720 e. The number of hydrogen-bond acceptors (Lipinski definition) is 0. The Morgan fingerprint density at radius 3 is 1.26 bits per heavy atom. The Morgan fingerprint density at radius 2 is 0.662 bits per heavy atom. The number of benzene rings is 13. The van der Waals surface area contributed by atoms with E-state index in [1.165, 1.54) is 131 Å². The molecule has 0 radical (unpaired) electrons. The van der Waals surface area contributed by atoms with Crippen LogP contribution in [-0.2, 0) is 5.41 Å². The van der Waals surface area contributed by atoms with Gasteiger partial charge in [-0.2, -0.15) is 0 Å². The fourth-order valence-electron chi connectivity index (χ4n) is 12.0. The van der Waals surface area contributed by atoms with E-state index in [-0.39, 0.29) is 0 Å². The van der Waals surface area contributed by atoms with Crippen LogP contribution in [0.25, 0.3) is 109 Å². The van der Waals surface area contributed by atoms with Crippen molar-refractivity contribution >= 4 is 75.4 Å². The van der Waals surface area contributed by atoms with Crippen LogP contribution < -0.4 is 0 Å². The summed E-state index contributed by atoms with van der Waals surface area (Å²) in [5.41, 5.74) is 12.4. The van der Waals surface area contributed by atoms with Crippen LogP contribution >= 0.6 is 0 Å². The SMILES string of the molecule is c1ccc(C2(c3ccccc3)c3cc4cc(-c5c6ccccc6c(-c6cc7ccccc7c7ccccc67)c6ccccc56)ccc4cc3-c3c2c2ccccc2c2ccccc32)cc1. The van der Waals surface area contributed by atoms with E-state index in [0.29, 0.717) is 0 Å². The number of hydrogen-bond donors (Lipinski definition) is 0. The first-order chi connectivity index (χ1) is 32.3. The molecule has 0 saturated heterocycles. The van der Waals surface area contributed by atoms with Crippen molar-refractivity contribution in [3.05, 3.63) is 265 Å². The lowest BCUT2D eigenvalue weighted by Gasteiger charge is -2.35. The molecule has 0 amide bonds. The summed E-state index contributed by atoms with van der Waals surface area (Å²) >= 11 is 0. The monoisotopic (exact) mass is 820 g/mol. The van der Waals surface area contributed by atoms with Gasteiger partial charge in [0.2, 0.25) is 0 Å². The molecule has 0 N–H and O–H groups in total. The molecule has 0 saturated carbocycles. The minimum absolute atomic E-state index is 0.565. The topological polar surface area (TPSA) is 0 Å². The Bertz CT molecular complexity index is 4010. The van der Waals surface area contributed by atoms with Gasteiger partial charge in [-0.3, -0.25) is 0 Å². The summed E-state index contributed by atoms with van der Waals surface area (Å²) in [6, 6.07) is 91.1. The van der Waals surface area contributed by atoms with Gasteiger partial charge in [0.05, 0.1) is 5.41 Å². The predicted molar refractivity (Wildman–Crippen MR) is 277 cm³/mol. The smallest absolute Gasteiger partial charge is 0.0622 e. The highest BCUT2D eigenvalue weighted by Crippen LogP contribution is 2.61. The molecule has 13 aromatic carbocycles. The molecule has 65 heavy (non-hydrogen) atoms. The largest absolute Gasteiger partial charge is 0.0720 e. The predicted octanol–water partition coefficient (Wildman–Crippen LogP) is 17.5. The summed E-state index contributed by atoms with van der Waals surface area (Å²) in [6.45, 7) is 0. The summed E-state index contributed by atoms with van der Waals surface area (Å²) < 4.78 is 0. The third-order valence-corrected chi connectivity index (χ3v) is 14.6. The van der Waals surface area contributed by atoms with Crippen molar-refractivity contribution in [3.8, 4) is 33.4 Å². The van der Waals surface area contributed by atoms with Crippen molar-refractivity contribution < 1.29 is 0 Å². The molecule has 1 aliphatic carbocycles. The van der Waals surface area contributed by atoms with Gasteiger partial charge in [-0.15, -0.1) is 0 Å². The van der Waals surface area contributed by atoms with Gasteiger partial charge < -0.3 is 0 Å². The molecule has 0 atom stereocenters. The zero-order chi connectivity index (χ0) is 42.6. The second kappa shape index (κ2) is 13.8. The highest BCUT2D eigenvalue weighted by Gasteiger charge is 2.48. The second-order valence-corrected chi connectivity index (χ2v) is 17.8. The van der Waals surface area contributed by atoms with E-state index in [1.807, 2.05) is 0 Å². The quantitative estimate of drug-likeness (QED) is 0.123. The Labute approximate surface area is 377 Å². The van der Waals surface area contributed by atoms with Gasteiger partial charge in [-0.25, -0.2) is 0 Å². The first kappa shape index (κ1) is 36.2. The van der Waals surface area contributed by atoms with Crippen LogP contribution in [-0.4, -0.2) is 0 Å². The van der Waals surface area contributed by atoms with Crippen LogP contribution in [0, 0.1) is 0 Å². The summed E-state index contributed by atoms with van der Waals surface area (Å²) in [5, 5.41) is 17.8. The van der Waals surface area contributed by atoms with Gasteiger partial charge in [0.15, 0.2) is 0 Å². The Morgan fingerprint density at radius 1 is 0.231 bits per heavy atom. The van der Waals surface area contributed by atoms with E-state index in [0.717, 1.165) is 0 Å². The molecule has 1 aliphatic rings. The van der Waals surface area contributed by atoms with Crippen molar-refractivity contribution in [3.63, 3.8) is 0 Å². The average molecular weight is 821 g/mol. The second-order valence-electron chi connectivity index (χ2n) is 17.8. The molecule has 0 heteroatoms. The molecule has 0 nitrogen and oxygen atoms in total. The molecule has 0 unspecified atom stereocenters. The van der Waals surface area contributed by atoms with Crippen LogP contribution in [0.2, 0.25) is 0 Å². The van der Waals surface area contributed by atoms with E-state index in [1.54, 1.807) is 0 Å². The van der Waals surface area contributed by atoms with Gasteiger partial charge in [-0.05, 0) is 155 Å². The summed E-state index contributed by atoms with van der Waals surface area (Å²) in [4.78, 5) is 0. The molecular weight excluding hydrogens is 781 g/mol. The lowest BCUT2D eigenvalue weighted by molar-refractivity contribution is 0.777. The molecule has 0 spiro atoms. The summed E-state index contributed by atoms with van der Waals surface area (Å²) in [6.07, 6.45) is 0. The van der Waals surface area contributed by atoms with Gasteiger partial charge in [0.1, 0.15) is 0 Å². The first-order valence-electron chi connectivity index (χ1n) is 22.8. The van der Waals surface area contributed by atoms with Crippen LogP contribution in [0.1, 0.15) is 22.3 Å². The minimum atomic E-state index is -0.565. The molecular formula is C65H40. The maximum absolute atomic E-state index is 2.54. The molecule has 0 aliphatic heterocycles. The van der Waals surface area contributed by atoms with Crippen LogP contribution in [0.4, 0.5) is 0 Å². The van der Waals surface area contributed by atoms with Crippen molar-refractivity contribution in [1.29, 1.82) is 0 Å². The average Bonchev–Trinajstić information content (AvgIpc) is 3.68. The molecule has 13 aromatic rings. The third-order valence-electron chi connectivity index (χ3n) is 14.6. The van der Waals surface area contributed by atoms with Gasteiger partial charge in [-0.1, -0.05) is 218 Å². The molecule has 14 rings (SSSR count). The lowest BCUT2D eigenvalue weighted by Crippen LogP contribution is -2.28. The maximum atomic E-state index is 2.54. The molecule has 0 bridgehead atoms. The zero-order valence-corrected chi connectivity index (χ0v) is 35.6. The Balaban J connectivity index is 1.08. The lowest BCUT2D eigenvalue weighted by atomic mass is 9.66. The first-order valence-corrected chi connectivity index (χ1v) is 22.8. The molecule has 300 valence electrons. The summed E-state index contributed by atoms with van der Waals surface area (Å²) in [5.74, 6) is 0. The van der Waals surface area contributed by atoms with Crippen LogP contribution in [0.5, 0.6) is 0 Å². The van der Waals surface area contributed by atoms with Crippen LogP contribution in [0.15, 0.2) is 243 Å². The minimum Gasteiger partial charge on any atom is -0.0622 e. The zero-order valence-electron chi connectivity index (χ0n) is 35.6. The van der Waals surface area contributed by atoms with Gasteiger partial charge in [0, 0.05) is 0 Å². The third kappa shape index (κ3) is 5.03. The van der Waals surface area contributed by atoms with Crippen molar-refractivity contribution in [2.45, 2.75) is 5.41 Å². The van der Waals surface area contributed by atoms with E-state index >= 15 is 0 Å². The van der Waals surface area contributed by atoms with Crippen molar-refractivity contribution in [1.82, 2.24) is 0 Å². The van der Waals surface area contributed by atoms with Gasteiger partial charge in [0.25, 0.3) is 0 Å². The number of fused-ring (bicyclic) bond motifs is 14.